The molecule has 1 aliphatic heterocycles. The van der Waals surface area contributed by atoms with Crippen molar-refractivity contribution >= 4 is 33.4 Å². The van der Waals surface area contributed by atoms with Gasteiger partial charge in [0.15, 0.2) is 0 Å². The van der Waals surface area contributed by atoms with Crippen LogP contribution in [0.25, 0.3) is 0 Å². The number of amides is 1. The van der Waals surface area contributed by atoms with Gasteiger partial charge in [0.2, 0.25) is 21.1 Å². The molecule has 10 heteroatoms. The molecule has 2 heterocycles. The zero-order valence-electron chi connectivity index (χ0n) is 16.9. The number of rotatable bonds is 7. The number of nitrogens with one attached hydrogen (secondary N) is 2. The Morgan fingerprint density at radius 2 is 1.79 bits per heavy atom. The third kappa shape index (κ3) is 5.37. The van der Waals surface area contributed by atoms with Gasteiger partial charge in [-0.25, -0.2) is 13.4 Å². The van der Waals surface area contributed by atoms with Crippen molar-refractivity contribution in [3.63, 3.8) is 0 Å². The van der Waals surface area contributed by atoms with Gasteiger partial charge in [0, 0.05) is 24.7 Å². The van der Waals surface area contributed by atoms with Gasteiger partial charge in [-0.15, -0.1) is 5.10 Å². The standard InChI is InChI=1S/C19H27N5O3S2/c1-13(2)17-21-19(23-22-17)28-14(3)18(25)20-15-7-9-16(10-8-15)29(26,27)24-11-5-4-6-12-24/h7-10,13-14H,4-6,11-12H2,1-3H3,(H,20,25)(H,21,22,23). The molecular weight excluding hydrogens is 410 g/mol. The van der Waals surface area contributed by atoms with E-state index in [0.717, 1.165) is 25.1 Å². The molecule has 2 N–H and O–H groups in total. The number of carbonyl (C=O) groups is 1. The molecule has 0 spiro atoms. The van der Waals surface area contributed by atoms with Gasteiger partial charge in [-0.05, 0) is 44.0 Å². The van der Waals surface area contributed by atoms with Gasteiger partial charge in [-0.2, -0.15) is 4.31 Å². The normalized spacial score (nSPS) is 16.7. The van der Waals surface area contributed by atoms with Gasteiger partial charge in [-0.1, -0.05) is 32.0 Å². The number of piperidine rings is 1. The van der Waals surface area contributed by atoms with E-state index in [2.05, 4.69) is 20.5 Å². The van der Waals surface area contributed by atoms with Crippen LogP contribution in [0.2, 0.25) is 0 Å². The number of hydrogen-bond acceptors (Lipinski definition) is 6. The fourth-order valence-corrected chi connectivity index (χ4v) is 5.24. The van der Waals surface area contributed by atoms with E-state index >= 15 is 0 Å². The van der Waals surface area contributed by atoms with Crippen LogP contribution in [0.3, 0.4) is 0 Å². The van der Waals surface area contributed by atoms with Crippen molar-refractivity contribution < 1.29 is 13.2 Å². The molecule has 8 nitrogen and oxygen atoms in total. The number of hydrogen-bond donors (Lipinski definition) is 2. The average molecular weight is 438 g/mol. The summed E-state index contributed by atoms with van der Waals surface area (Å²) in [5.74, 6) is 0.823. The lowest BCUT2D eigenvalue weighted by atomic mass is 10.2. The summed E-state index contributed by atoms with van der Waals surface area (Å²) in [4.78, 5) is 17.1. The summed E-state index contributed by atoms with van der Waals surface area (Å²) in [6.07, 6.45) is 2.86. The minimum Gasteiger partial charge on any atom is -0.325 e. The van der Waals surface area contributed by atoms with Crippen LogP contribution in [-0.2, 0) is 14.8 Å². The number of sulfonamides is 1. The molecule has 1 aromatic carbocycles. The summed E-state index contributed by atoms with van der Waals surface area (Å²) >= 11 is 1.27. The van der Waals surface area contributed by atoms with E-state index in [4.69, 9.17) is 0 Å². The molecule has 3 rings (SSSR count). The molecule has 0 saturated carbocycles. The van der Waals surface area contributed by atoms with Gasteiger partial charge in [0.25, 0.3) is 0 Å². The number of nitrogens with zero attached hydrogens (tertiary/aromatic N) is 3. The predicted octanol–water partition coefficient (Wildman–Crippen LogP) is 3.22. The average Bonchev–Trinajstić information content (AvgIpc) is 3.18. The first kappa shape index (κ1) is 21.8. The monoisotopic (exact) mass is 437 g/mol. The molecule has 1 amide bonds. The smallest absolute Gasteiger partial charge is 0.243 e. The number of anilines is 1. The van der Waals surface area contributed by atoms with Gasteiger partial charge >= 0.3 is 0 Å². The summed E-state index contributed by atoms with van der Waals surface area (Å²) < 4.78 is 26.9. The van der Waals surface area contributed by atoms with Crippen LogP contribution in [0.5, 0.6) is 0 Å². The first-order valence-electron chi connectivity index (χ1n) is 9.77. The molecule has 2 aromatic rings. The van der Waals surface area contributed by atoms with Crippen molar-refractivity contribution in [2.24, 2.45) is 0 Å². The quantitative estimate of drug-likeness (QED) is 0.644. The molecule has 158 valence electrons. The lowest BCUT2D eigenvalue weighted by Gasteiger charge is -2.25. The van der Waals surface area contributed by atoms with Crippen LogP contribution >= 0.6 is 11.8 Å². The van der Waals surface area contributed by atoms with Crippen LogP contribution in [0.4, 0.5) is 5.69 Å². The largest absolute Gasteiger partial charge is 0.325 e. The highest BCUT2D eigenvalue weighted by Crippen LogP contribution is 2.24. The van der Waals surface area contributed by atoms with Gasteiger partial charge in [-0.3, -0.25) is 9.89 Å². The second kappa shape index (κ2) is 9.27. The van der Waals surface area contributed by atoms with Crippen molar-refractivity contribution in [1.29, 1.82) is 0 Å². The second-order valence-corrected chi connectivity index (χ2v) is 10.6. The molecule has 1 aliphatic rings. The number of carbonyl (C=O) groups excluding carboxylic acids is 1. The minimum atomic E-state index is -3.47. The third-order valence-corrected chi connectivity index (χ3v) is 7.63. The lowest BCUT2D eigenvalue weighted by Crippen LogP contribution is -2.35. The Kier molecular flexibility index (Phi) is 6.97. The van der Waals surface area contributed by atoms with Crippen LogP contribution in [-0.4, -0.2) is 52.2 Å². The number of aromatic amines is 1. The molecule has 0 bridgehead atoms. The summed E-state index contributed by atoms with van der Waals surface area (Å²) in [5, 5.41) is 9.94. The molecule has 1 atom stereocenters. The second-order valence-electron chi connectivity index (χ2n) is 7.40. The van der Waals surface area contributed by atoms with Gasteiger partial charge < -0.3 is 5.32 Å². The van der Waals surface area contributed by atoms with Crippen molar-refractivity contribution in [3.05, 3.63) is 30.1 Å². The lowest BCUT2D eigenvalue weighted by molar-refractivity contribution is -0.115. The maximum absolute atomic E-state index is 12.7. The van der Waals surface area contributed by atoms with E-state index in [1.54, 1.807) is 31.2 Å². The Labute approximate surface area is 175 Å². The van der Waals surface area contributed by atoms with E-state index in [1.807, 2.05) is 13.8 Å². The number of H-pyrrole nitrogens is 1. The van der Waals surface area contributed by atoms with E-state index in [0.29, 0.717) is 23.9 Å². The molecule has 29 heavy (non-hydrogen) atoms. The Balaban J connectivity index is 1.60. The molecule has 1 fully saturated rings. The first-order chi connectivity index (χ1) is 13.8. The molecule has 1 aromatic heterocycles. The Hall–Kier alpha value is -1.91. The zero-order chi connectivity index (χ0) is 21.0. The van der Waals surface area contributed by atoms with Crippen molar-refractivity contribution in [2.45, 2.75) is 61.3 Å². The Morgan fingerprint density at radius 3 is 2.38 bits per heavy atom. The zero-order valence-corrected chi connectivity index (χ0v) is 18.5. The highest BCUT2D eigenvalue weighted by atomic mass is 32.2. The van der Waals surface area contributed by atoms with Crippen LogP contribution in [0, 0.1) is 0 Å². The van der Waals surface area contributed by atoms with Gasteiger partial charge in [0.05, 0.1) is 10.1 Å². The summed E-state index contributed by atoms with van der Waals surface area (Å²) in [6, 6.07) is 6.33. The van der Waals surface area contributed by atoms with Gasteiger partial charge in [0.1, 0.15) is 5.82 Å². The summed E-state index contributed by atoms with van der Waals surface area (Å²) in [6.45, 7) is 6.94. The third-order valence-electron chi connectivity index (χ3n) is 4.76. The number of aromatic nitrogens is 3. The molecule has 0 radical (unpaired) electrons. The maximum atomic E-state index is 12.7. The molecular formula is C19H27N5O3S2. The highest BCUT2D eigenvalue weighted by Gasteiger charge is 2.26. The topological polar surface area (TPSA) is 108 Å². The summed E-state index contributed by atoms with van der Waals surface area (Å²) in [7, 11) is -3.47. The van der Waals surface area contributed by atoms with E-state index in [-0.39, 0.29) is 16.7 Å². The van der Waals surface area contributed by atoms with E-state index in [9.17, 15) is 13.2 Å². The molecule has 1 unspecified atom stereocenters. The van der Waals surface area contributed by atoms with E-state index in [1.165, 1.54) is 16.1 Å². The van der Waals surface area contributed by atoms with Crippen molar-refractivity contribution in [3.8, 4) is 0 Å². The maximum Gasteiger partial charge on any atom is 0.243 e. The SMILES string of the molecule is CC(Sc1n[nH]c(C(C)C)n1)C(=O)Nc1ccc(S(=O)(=O)N2CCCCC2)cc1. The van der Waals surface area contributed by atoms with Crippen molar-refractivity contribution in [1.82, 2.24) is 19.5 Å². The Bertz CT molecular complexity index is 935. The van der Waals surface area contributed by atoms with E-state index < -0.39 is 15.3 Å². The fraction of sp³-hybridized carbons (Fsp3) is 0.526. The number of thioether (sulfide) groups is 1. The first-order valence-corrected chi connectivity index (χ1v) is 12.1. The fourth-order valence-electron chi connectivity index (χ4n) is 2.99. The number of benzene rings is 1. The highest BCUT2D eigenvalue weighted by molar-refractivity contribution is 8.00. The summed E-state index contributed by atoms with van der Waals surface area (Å²) in [5.41, 5.74) is 0.554. The predicted molar refractivity (Wildman–Crippen MR) is 113 cm³/mol. The molecule has 1 saturated heterocycles. The molecule has 0 aliphatic carbocycles. The van der Waals surface area contributed by atoms with Crippen LogP contribution in [0.1, 0.15) is 51.8 Å². The Morgan fingerprint density at radius 1 is 1.14 bits per heavy atom. The van der Waals surface area contributed by atoms with Crippen LogP contribution in [0.15, 0.2) is 34.3 Å². The van der Waals surface area contributed by atoms with Crippen molar-refractivity contribution in [2.75, 3.05) is 18.4 Å². The van der Waals surface area contributed by atoms with Crippen LogP contribution < -0.4 is 5.32 Å². The minimum absolute atomic E-state index is 0.197.